The molecule has 20 heavy (non-hydrogen) atoms. The van der Waals surface area contributed by atoms with E-state index in [0.29, 0.717) is 26.4 Å². The van der Waals surface area contributed by atoms with Crippen LogP contribution in [0.25, 0.3) is 10.2 Å². The lowest BCUT2D eigenvalue weighted by atomic mass is 10.3. The lowest BCUT2D eigenvalue weighted by Gasteiger charge is -2.08. The number of anilines is 1. The first kappa shape index (κ1) is 15.2. The number of nitrogens with zero attached hydrogens (tertiary/aromatic N) is 2. The van der Waals surface area contributed by atoms with Crippen molar-refractivity contribution in [2.75, 3.05) is 31.7 Å². The molecule has 110 valence electrons. The van der Waals surface area contributed by atoms with Crippen molar-refractivity contribution in [2.24, 2.45) is 0 Å². The molecule has 0 saturated heterocycles. The molecule has 0 aliphatic heterocycles. The van der Waals surface area contributed by atoms with Crippen molar-refractivity contribution in [1.29, 1.82) is 0 Å². The van der Waals surface area contributed by atoms with Crippen molar-refractivity contribution in [3.63, 3.8) is 0 Å². The Labute approximate surface area is 123 Å². The van der Waals surface area contributed by atoms with Crippen LogP contribution in [-0.2, 0) is 16.1 Å². The number of fused-ring (bicyclic) bond motifs is 1. The van der Waals surface area contributed by atoms with Crippen molar-refractivity contribution < 1.29 is 9.47 Å². The van der Waals surface area contributed by atoms with Crippen LogP contribution in [0.4, 0.5) is 5.82 Å². The fraction of sp³-hybridized carbons (Fsp3) is 0.571. The molecule has 2 aromatic rings. The number of ether oxygens (including phenoxy) is 2. The summed E-state index contributed by atoms with van der Waals surface area (Å²) in [7, 11) is 0. The molecule has 0 saturated carbocycles. The first-order valence-corrected chi connectivity index (χ1v) is 7.86. The molecule has 0 bridgehead atoms. The highest BCUT2D eigenvalue weighted by molar-refractivity contribution is 7.16. The van der Waals surface area contributed by atoms with E-state index in [2.05, 4.69) is 28.3 Å². The molecule has 0 fully saturated rings. The quantitative estimate of drug-likeness (QED) is 0.721. The molecule has 0 atom stereocenters. The Bertz CT molecular complexity index is 530. The molecule has 2 heterocycles. The first-order chi connectivity index (χ1) is 9.85. The van der Waals surface area contributed by atoms with Crippen LogP contribution in [0.2, 0.25) is 0 Å². The molecule has 5 nitrogen and oxygen atoms in total. The molecule has 0 aromatic carbocycles. The Kier molecular flexibility index (Phi) is 6.17. The lowest BCUT2D eigenvalue weighted by molar-refractivity contribution is 0.0430. The van der Waals surface area contributed by atoms with E-state index in [1.54, 1.807) is 11.3 Å². The van der Waals surface area contributed by atoms with Crippen molar-refractivity contribution in [3.8, 4) is 0 Å². The predicted molar refractivity (Wildman–Crippen MR) is 82.3 cm³/mol. The van der Waals surface area contributed by atoms with Crippen LogP contribution in [-0.4, -0.2) is 36.3 Å². The summed E-state index contributed by atoms with van der Waals surface area (Å²) in [5, 5.41) is 6.47. The molecular formula is C14H21N3O2S. The van der Waals surface area contributed by atoms with Gasteiger partial charge in [-0.25, -0.2) is 9.97 Å². The Hall–Kier alpha value is -1.24. The van der Waals surface area contributed by atoms with Crippen molar-refractivity contribution >= 4 is 27.4 Å². The average Bonchev–Trinajstić information content (AvgIpc) is 2.93. The van der Waals surface area contributed by atoms with Gasteiger partial charge >= 0.3 is 0 Å². The van der Waals surface area contributed by atoms with E-state index in [1.807, 2.05) is 12.3 Å². The Morgan fingerprint density at radius 1 is 1.20 bits per heavy atom. The van der Waals surface area contributed by atoms with Gasteiger partial charge in [-0.05, 0) is 24.8 Å². The van der Waals surface area contributed by atoms with Gasteiger partial charge in [0.15, 0.2) is 5.82 Å². The minimum absolute atomic E-state index is 0.418. The van der Waals surface area contributed by atoms with E-state index in [4.69, 9.17) is 9.47 Å². The summed E-state index contributed by atoms with van der Waals surface area (Å²) in [6.45, 7) is 7.33. The van der Waals surface area contributed by atoms with Gasteiger partial charge < -0.3 is 14.8 Å². The molecule has 0 aliphatic carbocycles. The SMILES string of the molecule is CCCNc1nc(COCCOCC)nc2sccc12. The summed E-state index contributed by atoms with van der Waals surface area (Å²) < 4.78 is 10.8. The largest absolute Gasteiger partial charge is 0.379 e. The summed E-state index contributed by atoms with van der Waals surface area (Å²) in [5.41, 5.74) is 0. The van der Waals surface area contributed by atoms with Crippen LogP contribution in [0.3, 0.4) is 0 Å². The van der Waals surface area contributed by atoms with Gasteiger partial charge in [-0.2, -0.15) is 0 Å². The maximum Gasteiger partial charge on any atom is 0.158 e. The highest BCUT2D eigenvalue weighted by Gasteiger charge is 2.08. The van der Waals surface area contributed by atoms with Gasteiger partial charge in [0.1, 0.15) is 17.3 Å². The number of aromatic nitrogens is 2. The van der Waals surface area contributed by atoms with E-state index in [0.717, 1.165) is 34.8 Å². The van der Waals surface area contributed by atoms with Crippen molar-refractivity contribution in [1.82, 2.24) is 9.97 Å². The third kappa shape index (κ3) is 4.13. The number of hydrogen-bond donors (Lipinski definition) is 1. The molecule has 0 amide bonds. The van der Waals surface area contributed by atoms with E-state index >= 15 is 0 Å². The fourth-order valence-corrected chi connectivity index (χ4v) is 2.55. The molecule has 0 spiro atoms. The highest BCUT2D eigenvalue weighted by atomic mass is 32.1. The smallest absolute Gasteiger partial charge is 0.158 e. The highest BCUT2D eigenvalue weighted by Crippen LogP contribution is 2.25. The third-order valence-corrected chi connectivity index (χ3v) is 3.53. The van der Waals surface area contributed by atoms with Gasteiger partial charge in [0, 0.05) is 13.2 Å². The summed E-state index contributed by atoms with van der Waals surface area (Å²) in [4.78, 5) is 10.1. The monoisotopic (exact) mass is 295 g/mol. The van der Waals surface area contributed by atoms with Crippen LogP contribution >= 0.6 is 11.3 Å². The third-order valence-electron chi connectivity index (χ3n) is 2.72. The van der Waals surface area contributed by atoms with Gasteiger partial charge in [0.25, 0.3) is 0 Å². The topological polar surface area (TPSA) is 56.3 Å². The van der Waals surface area contributed by atoms with E-state index in [-0.39, 0.29) is 0 Å². The predicted octanol–water partition coefficient (Wildman–Crippen LogP) is 3.07. The first-order valence-electron chi connectivity index (χ1n) is 6.98. The van der Waals surface area contributed by atoms with Gasteiger partial charge in [-0.3, -0.25) is 0 Å². The van der Waals surface area contributed by atoms with Gasteiger partial charge in [0.2, 0.25) is 0 Å². The molecule has 0 radical (unpaired) electrons. The minimum Gasteiger partial charge on any atom is -0.379 e. The van der Waals surface area contributed by atoms with Crippen LogP contribution in [0.5, 0.6) is 0 Å². The van der Waals surface area contributed by atoms with Gasteiger partial charge in [-0.15, -0.1) is 11.3 Å². The molecule has 6 heteroatoms. The molecule has 0 aliphatic rings. The second kappa shape index (κ2) is 8.14. The zero-order chi connectivity index (χ0) is 14.2. The van der Waals surface area contributed by atoms with E-state index in [9.17, 15) is 0 Å². The Morgan fingerprint density at radius 2 is 2.05 bits per heavy atom. The second-order valence-electron chi connectivity index (χ2n) is 4.30. The van der Waals surface area contributed by atoms with Crippen LogP contribution in [0, 0.1) is 0 Å². The van der Waals surface area contributed by atoms with E-state index < -0.39 is 0 Å². The minimum atomic E-state index is 0.418. The van der Waals surface area contributed by atoms with Crippen molar-refractivity contribution in [3.05, 3.63) is 17.3 Å². The zero-order valence-corrected chi connectivity index (χ0v) is 12.8. The molecule has 0 unspecified atom stereocenters. The summed E-state index contributed by atoms with van der Waals surface area (Å²) in [5.74, 6) is 1.62. The van der Waals surface area contributed by atoms with E-state index in [1.165, 1.54) is 0 Å². The van der Waals surface area contributed by atoms with Crippen LogP contribution in [0.1, 0.15) is 26.1 Å². The maximum absolute atomic E-state index is 5.53. The second-order valence-corrected chi connectivity index (χ2v) is 5.20. The Balaban J connectivity index is 2.01. The number of nitrogens with one attached hydrogen (secondary N) is 1. The lowest BCUT2D eigenvalue weighted by Crippen LogP contribution is -2.08. The average molecular weight is 295 g/mol. The molecule has 1 N–H and O–H groups in total. The maximum atomic E-state index is 5.53. The van der Waals surface area contributed by atoms with Gasteiger partial charge in [0.05, 0.1) is 18.6 Å². The summed E-state index contributed by atoms with van der Waals surface area (Å²) >= 11 is 1.63. The molecule has 2 rings (SSSR count). The summed E-state index contributed by atoms with van der Waals surface area (Å²) in [6.07, 6.45) is 1.07. The number of hydrogen-bond acceptors (Lipinski definition) is 6. The standard InChI is InChI=1S/C14H21N3O2S/c1-3-6-15-13-11-5-9-20-14(11)17-12(16-13)10-19-8-7-18-4-2/h5,9H,3-4,6-8,10H2,1-2H3,(H,15,16,17). The van der Waals surface area contributed by atoms with Crippen molar-refractivity contribution in [2.45, 2.75) is 26.9 Å². The van der Waals surface area contributed by atoms with Crippen LogP contribution < -0.4 is 5.32 Å². The number of rotatable bonds is 9. The number of thiophene rings is 1. The Morgan fingerprint density at radius 3 is 2.85 bits per heavy atom. The molecular weight excluding hydrogens is 274 g/mol. The van der Waals surface area contributed by atoms with Crippen LogP contribution in [0.15, 0.2) is 11.4 Å². The normalized spacial score (nSPS) is 11.1. The fourth-order valence-electron chi connectivity index (χ4n) is 1.77. The zero-order valence-electron chi connectivity index (χ0n) is 12.0. The van der Waals surface area contributed by atoms with Gasteiger partial charge in [-0.1, -0.05) is 6.92 Å². The molecule has 2 aromatic heterocycles. The summed E-state index contributed by atoms with van der Waals surface area (Å²) in [6, 6.07) is 2.05.